The van der Waals surface area contributed by atoms with Crippen molar-refractivity contribution in [3.63, 3.8) is 0 Å². The van der Waals surface area contributed by atoms with Crippen molar-refractivity contribution < 1.29 is 0 Å². The van der Waals surface area contributed by atoms with Gasteiger partial charge in [0.2, 0.25) is 8.07 Å². The molecule has 0 N–H and O–H groups in total. The highest BCUT2D eigenvalue weighted by atomic mass is 28.3. The van der Waals surface area contributed by atoms with E-state index in [0.29, 0.717) is 0 Å². The Morgan fingerprint density at radius 3 is 1.44 bits per heavy atom. The van der Waals surface area contributed by atoms with E-state index in [-0.39, 0.29) is 0 Å². The fraction of sp³-hybridized carbons (Fsp3) is 0. The normalized spacial score (nSPS) is 12.9. The molecule has 4 heterocycles. The Hall–Kier alpha value is -8.12. The molecule has 0 fully saturated rings. The van der Waals surface area contributed by atoms with Gasteiger partial charge in [-0.3, -0.25) is 0 Å². The predicted molar refractivity (Wildman–Crippen MR) is 264 cm³/mol. The smallest absolute Gasteiger partial charge is 0.203 e. The van der Waals surface area contributed by atoms with Gasteiger partial charge >= 0.3 is 0 Å². The van der Waals surface area contributed by atoms with Crippen LogP contribution < -0.4 is 20.9 Å². The number of nitrogens with zero attached hydrogens (tertiary/aromatic N) is 4. The monoisotopic (exact) mass is 818 g/mol. The second-order valence-corrected chi connectivity index (χ2v) is 20.2. The predicted octanol–water partition coefficient (Wildman–Crippen LogP) is 11.4. The van der Waals surface area contributed by atoms with Crippen LogP contribution in [0.2, 0.25) is 0 Å². The van der Waals surface area contributed by atoms with E-state index < -0.39 is 8.07 Å². The van der Waals surface area contributed by atoms with Gasteiger partial charge in [0.25, 0.3) is 0 Å². The van der Waals surface area contributed by atoms with Gasteiger partial charge in [0.05, 0.1) is 33.1 Å². The minimum atomic E-state index is -2.89. The van der Waals surface area contributed by atoms with E-state index in [2.05, 4.69) is 240 Å². The fourth-order valence-electron chi connectivity index (χ4n) is 10.5. The van der Waals surface area contributed by atoms with Crippen molar-refractivity contribution in [1.82, 2.24) is 19.1 Å². The molecule has 13 rings (SSSR count). The number of benzene rings is 9. The number of aromatic nitrogens is 4. The van der Waals surface area contributed by atoms with Gasteiger partial charge in [-0.1, -0.05) is 182 Å². The lowest BCUT2D eigenvalue weighted by molar-refractivity contribution is 1.16. The van der Waals surface area contributed by atoms with Gasteiger partial charge in [-0.05, 0) is 69.7 Å². The molecule has 0 aliphatic carbocycles. The van der Waals surface area contributed by atoms with Crippen LogP contribution in [-0.4, -0.2) is 27.2 Å². The van der Waals surface area contributed by atoms with Crippen molar-refractivity contribution in [3.05, 3.63) is 231 Å². The van der Waals surface area contributed by atoms with Crippen LogP contribution in [0.3, 0.4) is 0 Å². The standard InChI is InChI=1S/C58H38N4Si/c1-5-19-40(20-6-1)57-59-56(55-47-29-15-18-32-54(47)63(58(55)60-57,43-23-9-3-10-24-43)44-25-11-4-12-26-44)39-33-35-42(36-34-39)62-51-31-17-14-28-46(51)49-37-48-45-27-13-16-30-50(45)61(52(48)38-53(49)62)41-21-7-2-8-22-41/h1-38H. The zero-order valence-electron chi connectivity index (χ0n) is 34.2. The highest BCUT2D eigenvalue weighted by Crippen LogP contribution is 2.41. The van der Waals surface area contributed by atoms with Gasteiger partial charge in [0.15, 0.2) is 5.82 Å². The molecule has 0 atom stereocenters. The summed E-state index contributed by atoms with van der Waals surface area (Å²) in [4.78, 5) is 11.2. The van der Waals surface area contributed by atoms with Gasteiger partial charge in [-0.25, -0.2) is 9.97 Å². The maximum Gasteiger partial charge on any atom is 0.203 e. The first-order chi connectivity index (χ1) is 31.3. The Labute approximate surface area is 365 Å². The van der Waals surface area contributed by atoms with Crippen molar-refractivity contribution in [3.8, 4) is 45.1 Å². The molecule has 0 saturated heterocycles. The molecule has 1 aliphatic heterocycles. The summed E-state index contributed by atoms with van der Waals surface area (Å²) in [6, 6.07) is 83.7. The lowest BCUT2D eigenvalue weighted by Gasteiger charge is -2.30. The topological polar surface area (TPSA) is 35.6 Å². The van der Waals surface area contributed by atoms with Gasteiger partial charge in [-0.15, -0.1) is 0 Å². The zero-order chi connectivity index (χ0) is 41.5. The lowest BCUT2D eigenvalue weighted by Crippen LogP contribution is -2.73. The molecule has 12 aromatic rings. The molecule has 0 spiro atoms. The molecule has 4 nitrogen and oxygen atoms in total. The average Bonchev–Trinajstić information content (AvgIpc) is 3.98. The van der Waals surface area contributed by atoms with E-state index >= 15 is 0 Å². The van der Waals surface area contributed by atoms with Crippen LogP contribution >= 0.6 is 0 Å². The molecule has 0 saturated carbocycles. The highest BCUT2D eigenvalue weighted by Gasteiger charge is 2.51. The summed E-state index contributed by atoms with van der Waals surface area (Å²) in [7, 11) is -2.89. The third-order valence-electron chi connectivity index (χ3n) is 13.2. The Morgan fingerprint density at radius 2 is 0.841 bits per heavy atom. The molecule has 3 aromatic heterocycles. The first-order valence-electron chi connectivity index (χ1n) is 21.6. The minimum Gasteiger partial charge on any atom is -0.309 e. The quantitative estimate of drug-likeness (QED) is 0.157. The van der Waals surface area contributed by atoms with Crippen LogP contribution in [0.25, 0.3) is 88.8 Å². The van der Waals surface area contributed by atoms with E-state index in [4.69, 9.17) is 9.97 Å². The van der Waals surface area contributed by atoms with Crippen LogP contribution in [-0.2, 0) is 0 Å². The molecule has 0 amide bonds. The molecule has 1 aliphatic rings. The molecular weight excluding hydrogens is 781 g/mol. The van der Waals surface area contributed by atoms with E-state index in [9.17, 15) is 0 Å². The third kappa shape index (κ3) is 5.21. The molecule has 63 heavy (non-hydrogen) atoms. The third-order valence-corrected chi connectivity index (χ3v) is 17.9. The minimum absolute atomic E-state index is 0.741. The van der Waals surface area contributed by atoms with E-state index in [0.717, 1.165) is 44.9 Å². The summed E-state index contributed by atoms with van der Waals surface area (Å²) in [6.07, 6.45) is 0. The average molecular weight is 819 g/mol. The summed E-state index contributed by atoms with van der Waals surface area (Å²) in [6.45, 7) is 0. The van der Waals surface area contributed by atoms with Gasteiger partial charge < -0.3 is 9.13 Å². The summed E-state index contributed by atoms with van der Waals surface area (Å²) in [5.41, 5.74) is 12.3. The maximum atomic E-state index is 5.67. The number of hydrogen-bond acceptors (Lipinski definition) is 2. The number of para-hydroxylation sites is 3. The first-order valence-corrected chi connectivity index (χ1v) is 23.6. The van der Waals surface area contributed by atoms with E-state index in [1.54, 1.807) is 0 Å². The summed E-state index contributed by atoms with van der Waals surface area (Å²) >= 11 is 0. The molecule has 9 aromatic carbocycles. The second-order valence-electron chi connectivity index (χ2n) is 16.5. The summed E-state index contributed by atoms with van der Waals surface area (Å²) in [5.74, 6) is 0.741. The van der Waals surface area contributed by atoms with Crippen molar-refractivity contribution in [2.75, 3.05) is 0 Å². The summed E-state index contributed by atoms with van der Waals surface area (Å²) in [5, 5.41) is 10.1. The second kappa shape index (κ2) is 14.0. The number of rotatable bonds is 6. The van der Waals surface area contributed by atoms with Crippen LogP contribution in [0.1, 0.15) is 0 Å². The Bertz CT molecular complexity index is 3670. The van der Waals surface area contributed by atoms with Crippen molar-refractivity contribution >= 4 is 72.6 Å². The molecule has 0 unspecified atom stereocenters. The summed E-state index contributed by atoms with van der Waals surface area (Å²) < 4.78 is 4.83. The number of fused-ring (bicyclic) bond motifs is 9. The van der Waals surface area contributed by atoms with Crippen LogP contribution in [0.15, 0.2) is 231 Å². The zero-order valence-corrected chi connectivity index (χ0v) is 35.2. The molecular formula is C58H38N4Si. The Morgan fingerprint density at radius 1 is 0.349 bits per heavy atom. The van der Waals surface area contributed by atoms with E-state index in [1.807, 2.05) is 0 Å². The van der Waals surface area contributed by atoms with Gasteiger partial charge in [0, 0.05) is 49.6 Å². The molecule has 0 bridgehead atoms. The Balaban J connectivity index is 1.06. The largest absolute Gasteiger partial charge is 0.309 e. The van der Waals surface area contributed by atoms with Gasteiger partial charge in [-0.2, -0.15) is 0 Å². The van der Waals surface area contributed by atoms with Crippen LogP contribution in [0.4, 0.5) is 0 Å². The number of hydrogen-bond donors (Lipinski definition) is 0. The van der Waals surface area contributed by atoms with Crippen LogP contribution in [0.5, 0.6) is 0 Å². The maximum absolute atomic E-state index is 5.67. The van der Waals surface area contributed by atoms with Crippen molar-refractivity contribution in [2.45, 2.75) is 0 Å². The fourth-order valence-corrected chi connectivity index (χ4v) is 15.5. The van der Waals surface area contributed by atoms with Gasteiger partial charge in [0.1, 0.15) is 0 Å². The van der Waals surface area contributed by atoms with Crippen molar-refractivity contribution in [1.29, 1.82) is 0 Å². The van der Waals surface area contributed by atoms with E-state index in [1.165, 1.54) is 64.7 Å². The highest BCUT2D eigenvalue weighted by molar-refractivity contribution is 7.21. The Kier molecular flexibility index (Phi) is 7.89. The van der Waals surface area contributed by atoms with Crippen molar-refractivity contribution in [2.24, 2.45) is 0 Å². The SMILES string of the molecule is c1ccc(-c2nc(-c3ccc(-n4c5ccccc5c5cc6c7ccccc7n(-c7ccccc7)c6cc54)cc3)c3c(n2)[Si](c2ccccc2)(c2ccccc2)c2ccccc2-3)cc1. The molecule has 0 radical (unpaired) electrons. The van der Waals surface area contributed by atoms with Crippen LogP contribution in [0, 0.1) is 0 Å². The first kappa shape index (κ1) is 35.6. The molecule has 294 valence electrons. The molecule has 5 heteroatoms. The lowest BCUT2D eigenvalue weighted by atomic mass is 10.00.